The lowest BCUT2D eigenvalue weighted by atomic mass is 10.1. The summed E-state index contributed by atoms with van der Waals surface area (Å²) < 4.78 is 0. The standard InChI is InChI=1S/C8H6N2O/c9-5-8-6-10-3-1-7(8)2-4-11/h1,3-4,6H,2H2. The molecule has 11 heavy (non-hydrogen) atoms. The molecule has 0 aliphatic heterocycles. The molecule has 0 fully saturated rings. The summed E-state index contributed by atoms with van der Waals surface area (Å²) in [7, 11) is 0. The first-order chi connectivity index (χ1) is 5.38. The summed E-state index contributed by atoms with van der Waals surface area (Å²) in [6.07, 6.45) is 4.08. The number of hydrogen-bond acceptors (Lipinski definition) is 3. The smallest absolute Gasteiger partial charge is 0.124 e. The Hall–Kier alpha value is -1.69. The fourth-order valence-corrected chi connectivity index (χ4v) is 0.792. The van der Waals surface area contributed by atoms with Crippen LogP contribution in [0.3, 0.4) is 0 Å². The minimum absolute atomic E-state index is 0.283. The summed E-state index contributed by atoms with van der Waals surface area (Å²) >= 11 is 0. The maximum Gasteiger partial charge on any atom is 0.124 e. The topological polar surface area (TPSA) is 53.8 Å². The zero-order valence-corrected chi connectivity index (χ0v) is 5.82. The van der Waals surface area contributed by atoms with Gasteiger partial charge >= 0.3 is 0 Å². The van der Waals surface area contributed by atoms with Crippen LogP contribution >= 0.6 is 0 Å². The molecule has 54 valence electrons. The Morgan fingerprint density at radius 2 is 2.55 bits per heavy atom. The molecule has 0 unspecified atom stereocenters. The molecule has 0 aromatic carbocycles. The van der Waals surface area contributed by atoms with Gasteiger partial charge in [-0.15, -0.1) is 0 Å². The Balaban J connectivity index is 3.04. The van der Waals surface area contributed by atoms with Crippen molar-refractivity contribution in [2.75, 3.05) is 0 Å². The van der Waals surface area contributed by atoms with Crippen molar-refractivity contribution in [1.82, 2.24) is 4.98 Å². The molecular formula is C8H6N2O. The van der Waals surface area contributed by atoms with E-state index < -0.39 is 0 Å². The van der Waals surface area contributed by atoms with Gasteiger partial charge in [-0.05, 0) is 11.6 Å². The Kier molecular flexibility index (Phi) is 2.34. The summed E-state index contributed by atoms with van der Waals surface area (Å²) in [6, 6.07) is 3.63. The van der Waals surface area contributed by atoms with Crippen LogP contribution in [-0.4, -0.2) is 11.3 Å². The van der Waals surface area contributed by atoms with Gasteiger partial charge in [-0.2, -0.15) is 5.26 Å². The highest BCUT2D eigenvalue weighted by Gasteiger charge is 1.98. The van der Waals surface area contributed by atoms with Crippen molar-refractivity contribution in [2.24, 2.45) is 0 Å². The van der Waals surface area contributed by atoms with E-state index in [9.17, 15) is 4.79 Å². The van der Waals surface area contributed by atoms with Crippen LogP contribution in [-0.2, 0) is 11.2 Å². The lowest BCUT2D eigenvalue weighted by Crippen LogP contribution is -1.91. The number of aromatic nitrogens is 1. The van der Waals surface area contributed by atoms with Crippen molar-refractivity contribution < 1.29 is 4.79 Å². The Morgan fingerprint density at radius 1 is 1.73 bits per heavy atom. The van der Waals surface area contributed by atoms with E-state index in [0.29, 0.717) is 5.56 Å². The van der Waals surface area contributed by atoms with Crippen molar-refractivity contribution in [3.8, 4) is 6.07 Å². The van der Waals surface area contributed by atoms with Gasteiger partial charge < -0.3 is 4.79 Å². The molecule has 0 bridgehead atoms. The highest BCUT2D eigenvalue weighted by atomic mass is 16.1. The SMILES string of the molecule is N#Cc1cnccc1CC=O. The quantitative estimate of drug-likeness (QED) is 0.577. The number of carbonyl (C=O) groups excluding carboxylic acids is 1. The van der Waals surface area contributed by atoms with E-state index in [1.165, 1.54) is 6.20 Å². The van der Waals surface area contributed by atoms with E-state index >= 15 is 0 Å². The van der Waals surface area contributed by atoms with E-state index in [0.717, 1.165) is 11.8 Å². The fraction of sp³-hybridized carbons (Fsp3) is 0.125. The van der Waals surface area contributed by atoms with Crippen LogP contribution in [0.2, 0.25) is 0 Å². The molecule has 0 saturated carbocycles. The minimum Gasteiger partial charge on any atom is -0.303 e. The van der Waals surface area contributed by atoms with E-state index in [2.05, 4.69) is 4.98 Å². The average molecular weight is 146 g/mol. The van der Waals surface area contributed by atoms with Crippen LogP contribution in [0, 0.1) is 11.3 Å². The predicted octanol–water partition coefficient (Wildman–Crippen LogP) is 0.695. The maximum absolute atomic E-state index is 10.1. The molecule has 0 N–H and O–H groups in total. The number of nitrogens with zero attached hydrogens (tertiary/aromatic N) is 2. The van der Waals surface area contributed by atoms with Gasteiger partial charge in [-0.1, -0.05) is 0 Å². The molecule has 1 heterocycles. The lowest BCUT2D eigenvalue weighted by Gasteiger charge is -1.94. The average Bonchev–Trinajstić information content (AvgIpc) is 2.06. The van der Waals surface area contributed by atoms with Crippen molar-refractivity contribution >= 4 is 6.29 Å². The number of carbonyl (C=O) groups is 1. The summed E-state index contributed by atoms with van der Waals surface area (Å²) in [4.78, 5) is 13.9. The van der Waals surface area contributed by atoms with Crippen molar-refractivity contribution in [3.63, 3.8) is 0 Å². The maximum atomic E-state index is 10.1. The largest absolute Gasteiger partial charge is 0.303 e. The van der Waals surface area contributed by atoms with E-state index in [4.69, 9.17) is 5.26 Å². The third kappa shape index (κ3) is 1.62. The number of nitriles is 1. The van der Waals surface area contributed by atoms with Gasteiger partial charge in [0.1, 0.15) is 12.4 Å². The van der Waals surface area contributed by atoms with Crippen molar-refractivity contribution in [2.45, 2.75) is 6.42 Å². The van der Waals surface area contributed by atoms with Gasteiger partial charge in [0.05, 0.1) is 5.56 Å². The van der Waals surface area contributed by atoms with Gasteiger partial charge in [-0.3, -0.25) is 4.98 Å². The normalized spacial score (nSPS) is 8.64. The molecule has 1 aromatic heterocycles. The Labute approximate surface area is 64.3 Å². The molecule has 0 amide bonds. The zero-order chi connectivity index (χ0) is 8.10. The third-order valence-electron chi connectivity index (χ3n) is 1.34. The molecule has 3 heteroatoms. The second kappa shape index (κ2) is 3.47. The zero-order valence-electron chi connectivity index (χ0n) is 5.82. The second-order valence-corrected chi connectivity index (χ2v) is 2.02. The number of hydrogen-bond donors (Lipinski definition) is 0. The van der Waals surface area contributed by atoms with Gasteiger partial charge in [-0.25, -0.2) is 0 Å². The highest BCUT2D eigenvalue weighted by Crippen LogP contribution is 2.03. The lowest BCUT2D eigenvalue weighted by molar-refractivity contribution is -0.107. The Morgan fingerprint density at radius 3 is 3.18 bits per heavy atom. The first-order valence-corrected chi connectivity index (χ1v) is 3.15. The summed E-state index contributed by atoms with van der Waals surface area (Å²) in [5.74, 6) is 0. The second-order valence-electron chi connectivity index (χ2n) is 2.02. The minimum atomic E-state index is 0.283. The van der Waals surface area contributed by atoms with Crippen LogP contribution in [0.15, 0.2) is 18.5 Å². The van der Waals surface area contributed by atoms with Crippen LogP contribution in [0.4, 0.5) is 0 Å². The molecule has 0 spiro atoms. The third-order valence-corrected chi connectivity index (χ3v) is 1.34. The van der Waals surface area contributed by atoms with Crippen molar-refractivity contribution in [1.29, 1.82) is 5.26 Å². The molecule has 1 aromatic rings. The number of aldehydes is 1. The van der Waals surface area contributed by atoms with Gasteiger partial charge in [0.2, 0.25) is 0 Å². The molecule has 3 nitrogen and oxygen atoms in total. The number of pyridine rings is 1. The van der Waals surface area contributed by atoms with Gasteiger partial charge in [0.25, 0.3) is 0 Å². The van der Waals surface area contributed by atoms with Crippen LogP contribution < -0.4 is 0 Å². The molecule has 0 radical (unpaired) electrons. The van der Waals surface area contributed by atoms with E-state index in [1.807, 2.05) is 6.07 Å². The summed E-state index contributed by atoms with van der Waals surface area (Å²) in [6.45, 7) is 0. The van der Waals surface area contributed by atoms with E-state index in [1.54, 1.807) is 12.3 Å². The molecule has 0 aliphatic carbocycles. The van der Waals surface area contributed by atoms with Gasteiger partial charge in [0, 0.05) is 18.8 Å². The monoisotopic (exact) mass is 146 g/mol. The predicted molar refractivity (Wildman–Crippen MR) is 38.7 cm³/mol. The summed E-state index contributed by atoms with van der Waals surface area (Å²) in [5, 5.41) is 8.54. The summed E-state index contributed by atoms with van der Waals surface area (Å²) in [5.41, 5.74) is 1.21. The molecule has 0 saturated heterocycles. The van der Waals surface area contributed by atoms with Crippen LogP contribution in [0.5, 0.6) is 0 Å². The molecule has 1 rings (SSSR count). The first-order valence-electron chi connectivity index (χ1n) is 3.15. The van der Waals surface area contributed by atoms with Crippen LogP contribution in [0.25, 0.3) is 0 Å². The highest BCUT2D eigenvalue weighted by molar-refractivity contribution is 5.57. The van der Waals surface area contributed by atoms with Gasteiger partial charge in [0.15, 0.2) is 0 Å². The fourth-order valence-electron chi connectivity index (χ4n) is 0.792. The number of rotatable bonds is 2. The molecule has 0 aliphatic rings. The molecular weight excluding hydrogens is 140 g/mol. The van der Waals surface area contributed by atoms with Crippen molar-refractivity contribution in [3.05, 3.63) is 29.6 Å². The van der Waals surface area contributed by atoms with E-state index in [-0.39, 0.29) is 6.42 Å². The first kappa shape index (κ1) is 7.42. The molecule has 0 atom stereocenters. The van der Waals surface area contributed by atoms with Crippen LogP contribution in [0.1, 0.15) is 11.1 Å². The Bertz CT molecular complexity index is 301.